The van der Waals surface area contributed by atoms with E-state index < -0.39 is 0 Å². The Labute approximate surface area is 78.4 Å². The Morgan fingerprint density at radius 2 is 1.85 bits per heavy atom. The van der Waals surface area contributed by atoms with E-state index in [1.165, 1.54) is 5.56 Å². The number of aromatic hydroxyl groups is 1. The molecule has 1 aromatic rings. The monoisotopic (exact) mass is 177 g/mol. The minimum atomic E-state index is 0.257. The average molecular weight is 177 g/mol. The molecule has 3 N–H and O–H groups in total. The number of phenolic OH excluding ortho intramolecular Hbond substituents is 1. The van der Waals surface area contributed by atoms with Crippen molar-refractivity contribution in [1.82, 2.24) is 0 Å². The summed E-state index contributed by atoms with van der Waals surface area (Å²) in [6, 6.07) is 4.14. The first-order chi connectivity index (χ1) is 6.09. The Bertz CT molecular complexity index is 346. The van der Waals surface area contributed by atoms with Crippen molar-refractivity contribution in [3.8, 4) is 5.75 Å². The van der Waals surface area contributed by atoms with Gasteiger partial charge in [-0.2, -0.15) is 0 Å². The Morgan fingerprint density at radius 3 is 2.38 bits per heavy atom. The second-order valence-corrected chi connectivity index (χ2v) is 4.00. The molecule has 1 saturated carbocycles. The lowest BCUT2D eigenvalue weighted by molar-refractivity contribution is 0.467. The predicted octanol–water partition coefficient (Wildman–Crippen LogP) is 1.82. The summed E-state index contributed by atoms with van der Waals surface area (Å²) in [5, 5.41) is 9.69. The molecule has 0 radical (unpaired) electrons. The molecule has 1 aliphatic carbocycles. The SMILES string of the molecule is Cc1cc(O)c([C@@H]2C[C@H]2N)cc1C. The van der Waals surface area contributed by atoms with Gasteiger partial charge in [0.2, 0.25) is 0 Å². The van der Waals surface area contributed by atoms with E-state index in [9.17, 15) is 5.11 Å². The third-order valence-electron chi connectivity index (χ3n) is 2.88. The maximum Gasteiger partial charge on any atom is 0.119 e. The Kier molecular flexibility index (Phi) is 1.81. The largest absolute Gasteiger partial charge is 0.508 e. The molecule has 0 bridgehead atoms. The van der Waals surface area contributed by atoms with Gasteiger partial charge in [-0.05, 0) is 43.0 Å². The van der Waals surface area contributed by atoms with Crippen LogP contribution in [-0.4, -0.2) is 11.1 Å². The highest BCUT2D eigenvalue weighted by Crippen LogP contribution is 2.43. The van der Waals surface area contributed by atoms with Crippen molar-refractivity contribution < 1.29 is 5.11 Å². The zero-order chi connectivity index (χ0) is 9.59. The molecule has 0 aliphatic heterocycles. The highest BCUT2D eigenvalue weighted by Gasteiger charge is 2.36. The van der Waals surface area contributed by atoms with E-state index in [1.54, 1.807) is 0 Å². The summed E-state index contributed by atoms with van der Waals surface area (Å²) in [5.41, 5.74) is 9.13. The van der Waals surface area contributed by atoms with E-state index in [-0.39, 0.29) is 6.04 Å². The van der Waals surface area contributed by atoms with Crippen molar-refractivity contribution in [1.29, 1.82) is 0 Å². The summed E-state index contributed by atoms with van der Waals surface area (Å²) in [7, 11) is 0. The summed E-state index contributed by atoms with van der Waals surface area (Å²) in [5.74, 6) is 0.792. The van der Waals surface area contributed by atoms with Crippen molar-refractivity contribution in [2.75, 3.05) is 0 Å². The molecule has 1 fully saturated rings. The van der Waals surface area contributed by atoms with Crippen LogP contribution in [0.25, 0.3) is 0 Å². The normalized spacial score (nSPS) is 26.1. The summed E-state index contributed by atoms with van der Waals surface area (Å²) < 4.78 is 0. The zero-order valence-corrected chi connectivity index (χ0v) is 8.04. The van der Waals surface area contributed by atoms with Crippen molar-refractivity contribution in [3.63, 3.8) is 0 Å². The number of phenols is 1. The molecule has 2 atom stereocenters. The molecule has 2 rings (SSSR count). The van der Waals surface area contributed by atoms with Crippen LogP contribution in [0.2, 0.25) is 0 Å². The molecule has 0 heterocycles. The number of rotatable bonds is 1. The van der Waals surface area contributed by atoms with Gasteiger partial charge in [-0.25, -0.2) is 0 Å². The fourth-order valence-corrected chi connectivity index (χ4v) is 1.69. The third-order valence-corrected chi connectivity index (χ3v) is 2.88. The summed E-state index contributed by atoms with van der Waals surface area (Å²) in [4.78, 5) is 0. The Morgan fingerprint density at radius 1 is 1.31 bits per heavy atom. The molecule has 13 heavy (non-hydrogen) atoms. The predicted molar refractivity (Wildman–Crippen MR) is 52.9 cm³/mol. The number of hydrogen-bond donors (Lipinski definition) is 2. The lowest BCUT2D eigenvalue weighted by Crippen LogP contribution is -2.01. The van der Waals surface area contributed by atoms with Crippen LogP contribution >= 0.6 is 0 Å². The molecule has 0 unspecified atom stereocenters. The van der Waals surface area contributed by atoms with Crippen LogP contribution in [0.3, 0.4) is 0 Å². The lowest BCUT2D eigenvalue weighted by atomic mass is 10.0. The Hall–Kier alpha value is -1.02. The topological polar surface area (TPSA) is 46.2 Å². The number of aryl methyl sites for hydroxylation is 2. The van der Waals surface area contributed by atoms with Gasteiger partial charge in [-0.3, -0.25) is 0 Å². The van der Waals surface area contributed by atoms with Crippen LogP contribution in [-0.2, 0) is 0 Å². The lowest BCUT2D eigenvalue weighted by Gasteiger charge is -2.07. The first-order valence-electron chi connectivity index (χ1n) is 4.65. The third kappa shape index (κ3) is 1.42. The fraction of sp³-hybridized carbons (Fsp3) is 0.455. The van der Waals surface area contributed by atoms with Crippen LogP contribution in [0.15, 0.2) is 12.1 Å². The van der Waals surface area contributed by atoms with Crippen molar-refractivity contribution in [2.45, 2.75) is 32.2 Å². The molecule has 2 heteroatoms. The molecular formula is C11H15NO. The quantitative estimate of drug-likeness (QED) is 0.687. The van der Waals surface area contributed by atoms with E-state index in [1.807, 2.05) is 13.0 Å². The van der Waals surface area contributed by atoms with Gasteiger partial charge >= 0.3 is 0 Å². The van der Waals surface area contributed by atoms with Gasteiger partial charge < -0.3 is 10.8 Å². The number of benzene rings is 1. The molecule has 1 aliphatic rings. The molecule has 2 nitrogen and oxygen atoms in total. The maximum absolute atomic E-state index is 9.69. The van der Waals surface area contributed by atoms with Gasteiger partial charge in [0.25, 0.3) is 0 Å². The fourth-order valence-electron chi connectivity index (χ4n) is 1.69. The standard InChI is InChI=1S/C11H15NO/c1-6-3-9(8-5-10(8)12)11(13)4-7(6)2/h3-4,8,10,13H,5,12H2,1-2H3/t8-,10+/m0/s1. The van der Waals surface area contributed by atoms with Gasteiger partial charge in [-0.1, -0.05) is 6.07 Å². The van der Waals surface area contributed by atoms with Crippen LogP contribution in [0.5, 0.6) is 5.75 Å². The minimum absolute atomic E-state index is 0.257. The molecule has 1 aromatic carbocycles. The van der Waals surface area contributed by atoms with Crippen molar-refractivity contribution in [3.05, 3.63) is 28.8 Å². The van der Waals surface area contributed by atoms with Gasteiger partial charge in [-0.15, -0.1) is 0 Å². The molecular weight excluding hydrogens is 162 g/mol. The van der Waals surface area contributed by atoms with Gasteiger partial charge in [0.15, 0.2) is 0 Å². The van der Waals surface area contributed by atoms with E-state index >= 15 is 0 Å². The van der Waals surface area contributed by atoms with Crippen molar-refractivity contribution >= 4 is 0 Å². The highest BCUT2D eigenvalue weighted by atomic mass is 16.3. The first kappa shape index (κ1) is 8.57. The molecule has 0 aromatic heterocycles. The van der Waals surface area contributed by atoms with E-state index in [4.69, 9.17) is 5.73 Å². The second-order valence-electron chi connectivity index (χ2n) is 4.00. The first-order valence-corrected chi connectivity index (χ1v) is 4.65. The second kappa shape index (κ2) is 2.74. The van der Waals surface area contributed by atoms with Crippen LogP contribution < -0.4 is 5.73 Å². The summed E-state index contributed by atoms with van der Waals surface area (Å²) in [6.45, 7) is 4.07. The number of nitrogens with two attached hydrogens (primary N) is 1. The number of hydrogen-bond acceptors (Lipinski definition) is 2. The van der Waals surface area contributed by atoms with E-state index in [0.717, 1.165) is 17.5 Å². The van der Waals surface area contributed by atoms with E-state index in [0.29, 0.717) is 11.7 Å². The van der Waals surface area contributed by atoms with E-state index in [2.05, 4.69) is 13.0 Å². The van der Waals surface area contributed by atoms with Crippen LogP contribution in [0.1, 0.15) is 29.0 Å². The minimum Gasteiger partial charge on any atom is -0.508 e. The maximum atomic E-state index is 9.69. The highest BCUT2D eigenvalue weighted by molar-refractivity contribution is 5.45. The van der Waals surface area contributed by atoms with Gasteiger partial charge in [0.05, 0.1) is 0 Å². The molecule has 0 saturated heterocycles. The van der Waals surface area contributed by atoms with Crippen LogP contribution in [0.4, 0.5) is 0 Å². The molecule has 70 valence electrons. The Balaban J connectivity index is 2.41. The summed E-state index contributed by atoms with van der Waals surface area (Å²) >= 11 is 0. The average Bonchev–Trinajstić information content (AvgIpc) is 2.75. The van der Waals surface area contributed by atoms with Gasteiger partial charge in [0.1, 0.15) is 5.75 Å². The van der Waals surface area contributed by atoms with Gasteiger partial charge in [0, 0.05) is 12.0 Å². The summed E-state index contributed by atoms with van der Waals surface area (Å²) in [6.07, 6.45) is 1.01. The van der Waals surface area contributed by atoms with Crippen LogP contribution in [0, 0.1) is 13.8 Å². The smallest absolute Gasteiger partial charge is 0.119 e. The zero-order valence-electron chi connectivity index (χ0n) is 8.04. The molecule has 0 spiro atoms. The molecule has 0 amide bonds. The van der Waals surface area contributed by atoms with Crippen molar-refractivity contribution in [2.24, 2.45) is 5.73 Å².